The number of aromatic nitrogens is 1. The molecule has 1 aromatic heterocycles. The Morgan fingerprint density at radius 1 is 1.02 bits per heavy atom. The lowest BCUT2D eigenvalue weighted by Crippen LogP contribution is -2.29. The van der Waals surface area contributed by atoms with Gasteiger partial charge < -0.3 is 19.3 Å². The molecule has 2 aliphatic heterocycles. The third kappa shape index (κ3) is 5.57. The maximum Gasteiger partial charge on any atom is 0.301 e. The molecule has 9 heteroatoms. The summed E-state index contributed by atoms with van der Waals surface area (Å²) in [6.45, 7) is 7.18. The van der Waals surface area contributed by atoms with Crippen molar-refractivity contribution in [1.82, 2.24) is 4.98 Å². The Morgan fingerprint density at radius 3 is 2.58 bits per heavy atom. The second-order valence-corrected chi connectivity index (χ2v) is 11.8. The quantitative estimate of drug-likeness (QED) is 0.0891. The van der Waals surface area contributed by atoms with Crippen LogP contribution in [0.25, 0.3) is 16.0 Å². The van der Waals surface area contributed by atoms with E-state index in [0.717, 1.165) is 35.3 Å². The van der Waals surface area contributed by atoms with Crippen LogP contribution in [0.2, 0.25) is 0 Å². The first-order valence-corrected chi connectivity index (χ1v) is 15.6. The van der Waals surface area contributed by atoms with E-state index in [0.29, 0.717) is 52.9 Å². The van der Waals surface area contributed by atoms with Gasteiger partial charge in [0.1, 0.15) is 29.1 Å². The van der Waals surface area contributed by atoms with Crippen molar-refractivity contribution in [3.63, 3.8) is 0 Å². The van der Waals surface area contributed by atoms with Gasteiger partial charge in [0.05, 0.1) is 35.0 Å². The van der Waals surface area contributed by atoms with Crippen LogP contribution >= 0.6 is 11.3 Å². The minimum absolute atomic E-state index is 0.0165. The molecule has 6 rings (SSSR count). The maximum atomic E-state index is 13.7. The number of amides is 1. The predicted molar refractivity (Wildman–Crippen MR) is 167 cm³/mol. The number of thiazole rings is 1. The van der Waals surface area contributed by atoms with E-state index in [1.807, 2.05) is 62.4 Å². The molecule has 1 N–H and O–H groups in total. The van der Waals surface area contributed by atoms with Crippen molar-refractivity contribution in [2.75, 3.05) is 18.1 Å². The Hall–Kier alpha value is -4.37. The molecule has 1 saturated heterocycles. The number of carbonyl (C=O) groups is 2. The highest BCUT2D eigenvalue weighted by atomic mass is 32.1. The number of anilines is 1. The first kappa shape index (κ1) is 28.7. The Labute approximate surface area is 254 Å². The molecular weight excluding hydrogens is 564 g/mol. The van der Waals surface area contributed by atoms with Crippen LogP contribution in [0, 0.1) is 0 Å². The summed E-state index contributed by atoms with van der Waals surface area (Å²) in [5.41, 5.74) is 2.77. The number of benzene rings is 3. The highest BCUT2D eigenvalue weighted by Crippen LogP contribution is 2.45. The summed E-state index contributed by atoms with van der Waals surface area (Å²) in [7, 11) is 0. The van der Waals surface area contributed by atoms with Crippen LogP contribution in [-0.2, 0) is 16.0 Å². The van der Waals surface area contributed by atoms with Crippen molar-refractivity contribution < 1.29 is 28.9 Å². The van der Waals surface area contributed by atoms with Crippen LogP contribution in [0.5, 0.6) is 17.2 Å². The van der Waals surface area contributed by atoms with Gasteiger partial charge in [0, 0.05) is 12.0 Å². The Kier molecular flexibility index (Phi) is 8.08. The van der Waals surface area contributed by atoms with Crippen molar-refractivity contribution in [2.45, 2.75) is 58.6 Å². The van der Waals surface area contributed by atoms with Crippen molar-refractivity contribution >= 4 is 44.1 Å². The molecule has 8 nitrogen and oxygen atoms in total. The van der Waals surface area contributed by atoms with Crippen LogP contribution in [0.4, 0.5) is 5.13 Å². The fourth-order valence-electron chi connectivity index (χ4n) is 5.61. The number of ether oxygens (including phenoxy) is 3. The van der Waals surface area contributed by atoms with Gasteiger partial charge in [-0.15, -0.1) is 0 Å². The van der Waals surface area contributed by atoms with Gasteiger partial charge in [0.2, 0.25) is 0 Å². The number of rotatable bonds is 10. The first-order chi connectivity index (χ1) is 20.9. The number of aliphatic hydroxyl groups excluding tert-OH is 1. The summed E-state index contributed by atoms with van der Waals surface area (Å²) >= 11 is 1.30. The van der Waals surface area contributed by atoms with Gasteiger partial charge in [-0.3, -0.25) is 14.5 Å². The van der Waals surface area contributed by atoms with Crippen molar-refractivity contribution in [2.24, 2.45) is 0 Å². The van der Waals surface area contributed by atoms with Gasteiger partial charge in [0.25, 0.3) is 5.78 Å². The minimum Gasteiger partial charge on any atom is -0.507 e. The number of carbonyl (C=O) groups excluding carboxylic acids is 2. The standard InChI is InChI=1S/C34H34N2O6S/c1-4-6-7-16-41-24-11-8-21(9-12-24)30-29(31(37)22-10-15-27-23(18-22)17-20(3)42-27)32(38)33(39)36(30)34-35-26-14-13-25(40-5-2)19-28(26)43-34/h8-15,18-20,30,37H,4-7,16-17H2,1-3H3/b31-29-. The second kappa shape index (κ2) is 12.1. The van der Waals surface area contributed by atoms with Crippen LogP contribution < -0.4 is 19.1 Å². The smallest absolute Gasteiger partial charge is 0.301 e. The zero-order chi connectivity index (χ0) is 30.1. The normalized spacial score (nSPS) is 19.1. The highest BCUT2D eigenvalue weighted by molar-refractivity contribution is 7.22. The van der Waals surface area contributed by atoms with Gasteiger partial charge in [-0.25, -0.2) is 4.98 Å². The van der Waals surface area contributed by atoms with Gasteiger partial charge in [-0.05, 0) is 79.9 Å². The number of hydrogen-bond donors (Lipinski definition) is 1. The number of nitrogens with zero attached hydrogens (tertiary/aromatic N) is 2. The van der Waals surface area contributed by atoms with E-state index in [4.69, 9.17) is 19.2 Å². The summed E-state index contributed by atoms with van der Waals surface area (Å²) in [5.74, 6) is 0.431. The van der Waals surface area contributed by atoms with Crippen molar-refractivity contribution in [3.05, 3.63) is 82.9 Å². The minimum atomic E-state index is -0.885. The van der Waals surface area contributed by atoms with E-state index in [2.05, 4.69) is 6.92 Å². The van der Waals surface area contributed by atoms with Crippen LogP contribution in [0.3, 0.4) is 0 Å². The number of ketones is 1. The lowest BCUT2D eigenvalue weighted by Gasteiger charge is -2.23. The van der Waals surface area contributed by atoms with E-state index >= 15 is 0 Å². The van der Waals surface area contributed by atoms with E-state index in [-0.39, 0.29) is 17.4 Å². The first-order valence-electron chi connectivity index (χ1n) is 14.7. The molecule has 0 radical (unpaired) electrons. The van der Waals surface area contributed by atoms with Gasteiger partial charge in [-0.1, -0.05) is 43.2 Å². The van der Waals surface area contributed by atoms with Gasteiger partial charge >= 0.3 is 5.91 Å². The molecule has 0 bridgehead atoms. The number of unbranched alkanes of at least 4 members (excludes halogenated alkanes) is 2. The lowest BCUT2D eigenvalue weighted by molar-refractivity contribution is -0.132. The summed E-state index contributed by atoms with van der Waals surface area (Å²) < 4.78 is 18.2. The molecule has 2 atom stereocenters. The predicted octanol–water partition coefficient (Wildman–Crippen LogP) is 7.21. The second-order valence-electron chi connectivity index (χ2n) is 10.8. The molecule has 0 aliphatic carbocycles. The molecular formula is C34H34N2O6S. The fourth-order valence-corrected chi connectivity index (χ4v) is 6.63. The summed E-state index contributed by atoms with van der Waals surface area (Å²) in [4.78, 5) is 33.5. The number of hydrogen-bond acceptors (Lipinski definition) is 8. The Bertz CT molecular complexity index is 1710. The van der Waals surface area contributed by atoms with E-state index < -0.39 is 17.7 Å². The molecule has 0 spiro atoms. The van der Waals surface area contributed by atoms with Crippen molar-refractivity contribution in [1.29, 1.82) is 0 Å². The zero-order valence-electron chi connectivity index (χ0n) is 24.5. The third-order valence-corrected chi connectivity index (χ3v) is 8.71. The molecule has 0 saturated carbocycles. The molecule has 222 valence electrons. The fraction of sp³-hybridized carbons (Fsp3) is 0.324. The molecule has 1 fully saturated rings. The lowest BCUT2D eigenvalue weighted by atomic mass is 9.94. The van der Waals surface area contributed by atoms with E-state index in [1.54, 1.807) is 12.1 Å². The van der Waals surface area contributed by atoms with Crippen LogP contribution in [0.1, 0.15) is 62.8 Å². The molecule has 1 amide bonds. The van der Waals surface area contributed by atoms with E-state index in [1.165, 1.54) is 16.2 Å². The largest absolute Gasteiger partial charge is 0.507 e. The molecule has 3 aromatic carbocycles. The molecule has 4 aromatic rings. The SMILES string of the molecule is CCCCCOc1ccc(C2/C(=C(/O)c3ccc4c(c3)CC(C)O4)C(=O)C(=O)N2c2nc3ccc(OCC)cc3s2)cc1. The Morgan fingerprint density at radius 2 is 1.81 bits per heavy atom. The summed E-state index contributed by atoms with van der Waals surface area (Å²) in [6.07, 6.45) is 3.89. The van der Waals surface area contributed by atoms with Crippen LogP contribution in [0.15, 0.2) is 66.2 Å². The Balaban J connectivity index is 1.43. The van der Waals surface area contributed by atoms with Crippen LogP contribution in [-0.4, -0.2) is 41.1 Å². The molecule has 43 heavy (non-hydrogen) atoms. The summed E-state index contributed by atoms with van der Waals surface area (Å²) in [5, 5.41) is 12.0. The summed E-state index contributed by atoms with van der Waals surface area (Å²) in [6, 6.07) is 17.4. The van der Waals surface area contributed by atoms with Gasteiger partial charge in [0.15, 0.2) is 5.13 Å². The van der Waals surface area contributed by atoms with Gasteiger partial charge in [-0.2, -0.15) is 0 Å². The topological polar surface area (TPSA) is 98.2 Å². The zero-order valence-corrected chi connectivity index (χ0v) is 25.3. The average Bonchev–Trinajstić information content (AvgIpc) is 3.67. The third-order valence-electron chi connectivity index (χ3n) is 7.69. The average molecular weight is 599 g/mol. The molecule has 3 heterocycles. The highest BCUT2D eigenvalue weighted by Gasteiger charge is 2.48. The van der Waals surface area contributed by atoms with Crippen molar-refractivity contribution in [3.8, 4) is 17.2 Å². The number of fused-ring (bicyclic) bond motifs is 2. The number of Topliss-reactive ketones (excluding diaryl/α,β-unsaturated/α-hetero) is 1. The van der Waals surface area contributed by atoms with E-state index in [9.17, 15) is 14.7 Å². The molecule has 2 unspecified atom stereocenters. The maximum absolute atomic E-state index is 13.7. The number of aliphatic hydroxyl groups is 1. The molecule has 2 aliphatic rings. The monoisotopic (exact) mass is 598 g/mol.